The second-order valence-electron chi connectivity index (χ2n) is 6.78. The summed E-state index contributed by atoms with van der Waals surface area (Å²) in [6, 6.07) is 15.1. The standard InChI is InChI=1S/C24H19BrFN3O6/c1-33-19-6-4-3-5-16(19)24(32)35-20-10-7-14(11-21(20)34-2)13-27-29-23(31)22(30)28-18-9-8-15(25)12-17(18)26/h3-13H,1-2H3,(H,28,30)(H,29,31)/b27-13+. The van der Waals surface area contributed by atoms with E-state index in [9.17, 15) is 18.8 Å². The summed E-state index contributed by atoms with van der Waals surface area (Å²) in [4.78, 5) is 36.4. The van der Waals surface area contributed by atoms with E-state index in [0.29, 0.717) is 15.8 Å². The second kappa shape index (κ2) is 11.7. The van der Waals surface area contributed by atoms with Crippen molar-refractivity contribution in [3.63, 3.8) is 0 Å². The van der Waals surface area contributed by atoms with Crippen LogP contribution in [0.4, 0.5) is 10.1 Å². The van der Waals surface area contributed by atoms with Crippen LogP contribution in [0, 0.1) is 5.82 Å². The molecule has 0 atom stereocenters. The van der Waals surface area contributed by atoms with Crippen LogP contribution in [0.5, 0.6) is 17.2 Å². The number of hydrazone groups is 1. The van der Waals surface area contributed by atoms with Crippen LogP contribution in [0.25, 0.3) is 0 Å². The molecule has 0 heterocycles. The van der Waals surface area contributed by atoms with Gasteiger partial charge in [-0.2, -0.15) is 5.10 Å². The van der Waals surface area contributed by atoms with Crippen molar-refractivity contribution >= 4 is 45.6 Å². The molecule has 0 aliphatic heterocycles. The molecule has 0 aliphatic rings. The number of ether oxygens (including phenoxy) is 3. The quantitative estimate of drug-likeness (QED) is 0.153. The van der Waals surface area contributed by atoms with Crippen LogP contribution in [0.3, 0.4) is 0 Å². The van der Waals surface area contributed by atoms with Gasteiger partial charge in [-0.25, -0.2) is 14.6 Å². The summed E-state index contributed by atoms with van der Waals surface area (Å²) in [6.45, 7) is 0. The molecule has 0 fully saturated rings. The maximum absolute atomic E-state index is 13.8. The van der Waals surface area contributed by atoms with Gasteiger partial charge >= 0.3 is 17.8 Å². The molecule has 3 rings (SSSR count). The number of nitrogens with zero attached hydrogens (tertiary/aromatic N) is 1. The van der Waals surface area contributed by atoms with Crippen molar-refractivity contribution in [1.82, 2.24) is 5.43 Å². The number of anilines is 1. The lowest BCUT2D eigenvalue weighted by Gasteiger charge is -2.11. The first kappa shape index (κ1) is 25.4. The summed E-state index contributed by atoms with van der Waals surface area (Å²) in [5, 5.41) is 5.86. The number of amides is 2. The van der Waals surface area contributed by atoms with Gasteiger partial charge < -0.3 is 19.5 Å². The molecule has 3 aromatic rings. The van der Waals surface area contributed by atoms with Crippen molar-refractivity contribution in [2.75, 3.05) is 19.5 Å². The first-order valence-corrected chi connectivity index (χ1v) is 10.7. The number of rotatable bonds is 7. The minimum absolute atomic E-state index is 0.152. The van der Waals surface area contributed by atoms with E-state index >= 15 is 0 Å². The zero-order chi connectivity index (χ0) is 25.4. The molecule has 9 nitrogen and oxygen atoms in total. The third-order valence-electron chi connectivity index (χ3n) is 4.48. The molecule has 0 spiro atoms. The molecule has 3 aromatic carbocycles. The van der Waals surface area contributed by atoms with Gasteiger partial charge in [-0.15, -0.1) is 0 Å². The Labute approximate surface area is 208 Å². The Morgan fingerprint density at radius 2 is 1.66 bits per heavy atom. The van der Waals surface area contributed by atoms with Gasteiger partial charge in [0.15, 0.2) is 11.5 Å². The van der Waals surface area contributed by atoms with Gasteiger partial charge in [0.1, 0.15) is 17.1 Å². The van der Waals surface area contributed by atoms with Crippen molar-refractivity contribution in [2.24, 2.45) is 5.10 Å². The molecule has 35 heavy (non-hydrogen) atoms. The van der Waals surface area contributed by atoms with Crippen molar-refractivity contribution in [3.05, 3.63) is 82.1 Å². The Balaban J connectivity index is 1.63. The molecular formula is C24H19BrFN3O6. The number of halogens is 2. The number of hydrogen-bond donors (Lipinski definition) is 2. The van der Waals surface area contributed by atoms with Crippen LogP contribution in [-0.4, -0.2) is 38.2 Å². The van der Waals surface area contributed by atoms with E-state index in [4.69, 9.17) is 14.2 Å². The van der Waals surface area contributed by atoms with Crippen molar-refractivity contribution in [2.45, 2.75) is 0 Å². The molecule has 2 amide bonds. The van der Waals surface area contributed by atoms with E-state index < -0.39 is 23.6 Å². The zero-order valence-corrected chi connectivity index (χ0v) is 20.1. The van der Waals surface area contributed by atoms with Crippen LogP contribution in [0.1, 0.15) is 15.9 Å². The van der Waals surface area contributed by atoms with Crippen LogP contribution >= 0.6 is 15.9 Å². The number of carbonyl (C=O) groups is 3. The average Bonchev–Trinajstić information content (AvgIpc) is 2.86. The molecule has 0 saturated heterocycles. The molecule has 0 unspecified atom stereocenters. The van der Waals surface area contributed by atoms with Crippen LogP contribution in [0.15, 0.2) is 70.2 Å². The third-order valence-corrected chi connectivity index (χ3v) is 4.98. The average molecular weight is 544 g/mol. The van der Waals surface area contributed by atoms with Gasteiger partial charge in [-0.05, 0) is 54.1 Å². The first-order valence-electron chi connectivity index (χ1n) is 9.95. The predicted molar refractivity (Wildman–Crippen MR) is 129 cm³/mol. The van der Waals surface area contributed by atoms with E-state index in [2.05, 4.69) is 26.3 Å². The van der Waals surface area contributed by atoms with Crippen LogP contribution in [-0.2, 0) is 9.59 Å². The van der Waals surface area contributed by atoms with Gasteiger partial charge in [0.05, 0.1) is 26.1 Å². The molecule has 0 radical (unpaired) electrons. The highest BCUT2D eigenvalue weighted by molar-refractivity contribution is 9.10. The lowest BCUT2D eigenvalue weighted by molar-refractivity contribution is -0.136. The Hall–Kier alpha value is -4.25. The van der Waals surface area contributed by atoms with E-state index in [-0.39, 0.29) is 22.7 Å². The number of methoxy groups -OCH3 is 2. The number of nitrogens with one attached hydrogen (secondary N) is 2. The Bertz CT molecular complexity index is 1300. The molecular weight excluding hydrogens is 525 g/mol. The van der Waals surface area contributed by atoms with Crippen LogP contribution in [0.2, 0.25) is 0 Å². The topological polar surface area (TPSA) is 115 Å². The summed E-state index contributed by atoms with van der Waals surface area (Å²) in [5.41, 5.74) is 2.61. The maximum Gasteiger partial charge on any atom is 0.347 e. The molecule has 0 bridgehead atoms. The minimum atomic E-state index is -1.10. The molecule has 0 saturated carbocycles. The molecule has 0 aliphatic carbocycles. The number of esters is 1. The van der Waals surface area contributed by atoms with Crippen molar-refractivity contribution < 1.29 is 33.0 Å². The number of hydrogen-bond acceptors (Lipinski definition) is 7. The van der Waals surface area contributed by atoms with E-state index in [1.54, 1.807) is 30.3 Å². The smallest absolute Gasteiger partial charge is 0.347 e. The maximum atomic E-state index is 13.8. The van der Waals surface area contributed by atoms with E-state index in [1.807, 2.05) is 5.43 Å². The third kappa shape index (κ3) is 6.64. The lowest BCUT2D eigenvalue weighted by atomic mass is 10.2. The largest absolute Gasteiger partial charge is 0.496 e. The van der Waals surface area contributed by atoms with Gasteiger partial charge in [-0.1, -0.05) is 28.1 Å². The van der Waals surface area contributed by atoms with Crippen LogP contribution < -0.4 is 25.0 Å². The Morgan fingerprint density at radius 1 is 0.914 bits per heavy atom. The summed E-state index contributed by atoms with van der Waals surface area (Å²) >= 11 is 3.10. The summed E-state index contributed by atoms with van der Waals surface area (Å²) in [5.74, 6) is -2.79. The van der Waals surface area contributed by atoms with Gasteiger partial charge in [-0.3, -0.25) is 9.59 Å². The second-order valence-corrected chi connectivity index (χ2v) is 7.69. The number of benzene rings is 3. The number of para-hydroxylation sites is 1. The summed E-state index contributed by atoms with van der Waals surface area (Å²) in [6.07, 6.45) is 1.25. The van der Waals surface area contributed by atoms with E-state index in [1.165, 1.54) is 44.7 Å². The van der Waals surface area contributed by atoms with Gasteiger partial charge in [0.2, 0.25) is 0 Å². The molecule has 2 N–H and O–H groups in total. The highest BCUT2D eigenvalue weighted by atomic mass is 79.9. The summed E-state index contributed by atoms with van der Waals surface area (Å²) < 4.78 is 30.2. The fourth-order valence-corrected chi connectivity index (χ4v) is 3.14. The van der Waals surface area contributed by atoms with Crippen molar-refractivity contribution in [1.29, 1.82) is 0 Å². The van der Waals surface area contributed by atoms with Gasteiger partial charge in [0, 0.05) is 4.47 Å². The SMILES string of the molecule is COc1cc(/C=N/NC(=O)C(=O)Nc2ccc(Br)cc2F)ccc1OC(=O)c1ccccc1OC. The van der Waals surface area contributed by atoms with E-state index in [0.717, 1.165) is 6.07 Å². The highest BCUT2D eigenvalue weighted by Crippen LogP contribution is 2.29. The fraction of sp³-hybridized carbons (Fsp3) is 0.0833. The minimum Gasteiger partial charge on any atom is -0.496 e. The molecule has 11 heteroatoms. The predicted octanol–water partition coefficient (Wildman–Crippen LogP) is 3.91. The van der Waals surface area contributed by atoms with Gasteiger partial charge in [0.25, 0.3) is 0 Å². The normalized spacial score (nSPS) is 10.5. The summed E-state index contributed by atoms with van der Waals surface area (Å²) in [7, 11) is 2.84. The Kier molecular flexibility index (Phi) is 8.52. The fourth-order valence-electron chi connectivity index (χ4n) is 2.80. The molecule has 180 valence electrons. The number of carbonyl (C=O) groups excluding carboxylic acids is 3. The monoisotopic (exact) mass is 543 g/mol. The van der Waals surface area contributed by atoms with Crippen molar-refractivity contribution in [3.8, 4) is 17.2 Å². The lowest BCUT2D eigenvalue weighted by Crippen LogP contribution is -2.32. The first-order chi connectivity index (χ1) is 16.8. The zero-order valence-electron chi connectivity index (χ0n) is 18.5. The Morgan fingerprint density at radius 3 is 2.37 bits per heavy atom. The molecule has 0 aromatic heterocycles. The highest BCUT2D eigenvalue weighted by Gasteiger charge is 2.17.